The first-order valence-corrected chi connectivity index (χ1v) is 7.53. The molecule has 0 fully saturated rings. The SMILES string of the molecule is CSc1ccc(C(CO)Nc2ccc(C)cc2)cc1. The van der Waals surface area contributed by atoms with E-state index in [9.17, 15) is 5.11 Å². The third-order valence-electron chi connectivity index (χ3n) is 3.09. The second-order valence-electron chi connectivity index (χ2n) is 4.52. The summed E-state index contributed by atoms with van der Waals surface area (Å²) in [6, 6.07) is 16.4. The Morgan fingerprint density at radius 2 is 1.68 bits per heavy atom. The van der Waals surface area contributed by atoms with Gasteiger partial charge in [-0.05, 0) is 43.0 Å². The summed E-state index contributed by atoms with van der Waals surface area (Å²) < 4.78 is 0. The largest absolute Gasteiger partial charge is 0.394 e. The molecular formula is C16H19NOS. The lowest BCUT2D eigenvalue weighted by Gasteiger charge is -2.18. The number of benzene rings is 2. The molecule has 0 amide bonds. The quantitative estimate of drug-likeness (QED) is 0.811. The van der Waals surface area contributed by atoms with Crippen molar-refractivity contribution in [3.05, 3.63) is 59.7 Å². The Kier molecular flexibility index (Phi) is 4.88. The molecule has 0 aliphatic rings. The third-order valence-corrected chi connectivity index (χ3v) is 3.84. The first kappa shape index (κ1) is 14.0. The molecule has 3 heteroatoms. The Hall–Kier alpha value is -1.45. The minimum atomic E-state index is -0.0707. The summed E-state index contributed by atoms with van der Waals surface area (Å²) in [7, 11) is 0. The summed E-state index contributed by atoms with van der Waals surface area (Å²) in [4.78, 5) is 1.23. The van der Waals surface area contributed by atoms with E-state index in [1.807, 2.05) is 12.1 Å². The highest BCUT2D eigenvalue weighted by Crippen LogP contribution is 2.22. The number of hydrogen-bond acceptors (Lipinski definition) is 3. The van der Waals surface area contributed by atoms with Gasteiger partial charge in [-0.2, -0.15) is 0 Å². The van der Waals surface area contributed by atoms with Crippen LogP contribution < -0.4 is 5.32 Å². The van der Waals surface area contributed by atoms with Gasteiger partial charge >= 0.3 is 0 Å². The van der Waals surface area contributed by atoms with Gasteiger partial charge in [-0.1, -0.05) is 29.8 Å². The highest BCUT2D eigenvalue weighted by Gasteiger charge is 2.09. The molecule has 19 heavy (non-hydrogen) atoms. The minimum Gasteiger partial charge on any atom is -0.394 e. The molecule has 1 unspecified atom stereocenters. The standard InChI is InChI=1S/C16H19NOS/c1-12-3-7-14(8-4-12)17-16(11-18)13-5-9-15(19-2)10-6-13/h3-10,16-18H,11H2,1-2H3. The number of hydrogen-bond donors (Lipinski definition) is 2. The Balaban J connectivity index is 2.12. The van der Waals surface area contributed by atoms with Crippen LogP contribution >= 0.6 is 11.8 Å². The zero-order chi connectivity index (χ0) is 13.7. The van der Waals surface area contributed by atoms with Crippen LogP contribution in [-0.2, 0) is 0 Å². The second-order valence-corrected chi connectivity index (χ2v) is 5.40. The van der Waals surface area contributed by atoms with Crippen LogP contribution in [0.4, 0.5) is 5.69 Å². The summed E-state index contributed by atoms with van der Waals surface area (Å²) in [6.45, 7) is 2.14. The second kappa shape index (κ2) is 6.64. The van der Waals surface area contributed by atoms with E-state index in [-0.39, 0.29) is 12.6 Å². The van der Waals surface area contributed by atoms with Crippen molar-refractivity contribution < 1.29 is 5.11 Å². The molecule has 0 saturated heterocycles. The van der Waals surface area contributed by atoms with E-state index in [0.717, 1.165) is 11.3 Å². The molecule has 0 aromatic heterocycles. The zero-order valence-corrected chi connectivity index (χ0v) is 12.1. The maximum absolute atomic E-state index is 9.55. The van der Waals surface area contributed by atoms with Gasteiger partial charge in [0.2, 0.25) is 0 Å². The van der Waals surface area contributed by atoms with Gasteiger partial charge < -0.3 is 10.4 Å². The predicted molar refractivity (Wildman–Crippen MR) is 82.9 cm³/mol. The first-order chi connectivity index (χ1) is 9.22. The number of thioether (sulfide) groups is 1. The van der Waals surface area contributed by atoms with Crippen LogP contribution in [0.25, 0.3) is 0 Å². The van der Waals surface area contributed by atoms with Crippen LogP contribution in [0, 0.1) is 6.92 Å². The van der Waals surface area contributed by atoms with Crippen LogP contribution in [0.3, 0.4) is 0 Å². The van der Waals surface area contributed by atoms with Crippen molar-refractivity contribution in [1.29, 1.82) is 0 Å². The van der Waals surface area contributed by atoms with Gasteiger partial charge in [0.15, 0.2) is 0 Å². The topological polar surface area (TPSA) is 32.3 Å². The van der Waals surface area contributed by atoms with Gasteiger partial charge in [0, 0.05) is 10.6 Å². The lowest BCUT2D eigenvalue weighted by molar-refractivity contribution is 0.276. The van der Waals surface area contributed by atoms with E-state index < -0.39 is 0 Å². The summed E-state index contributed by atoms with van der Waals surface area (Å²) in [5.74, 6) is 0. The Morgan fingerprint density at radius 3 is 2.21 bits per heavy atom. The lowest BCUT2D eigenvalue weighted by Crippen LogP contribution is -2.14. The molecule has 2 aromatic carbocycles. The summed E-state index contributed by atoms with van der Waals surface area (Å²) in [5.41, 5.74) is 3.36. The Labute approximate surface area is 118 Å². The molecule has 0 aliphatic carbocycles. The molecule has 100 valence electrons. The summed E-state index contributed by atoms with van der Waals surface area (Å²) in [5, 5.41) is 12.9. The van der Waals surface area contributed by atoms with Crippen molar-refractivity contribution in [1.82, 2.24) is 0 Å². The Morgan fingerprint density at radius 1 is 1.05 bits per heavy atom. The number of nitrogens with one attached hydrogen (secondary N) is 1. The fraction of sp³-hybridized carbons (Fsp3) is 0.250. The maximum atomic E-state index is 9.55. The maximum Gasteiger partial charge on any atom is 0.0745 e. The highest BCUT2D eigenvalue weighted by molar-refractivity contribution is 7.98. The average molecular weight is 273 g/mol. The van der Waals surface area contributed by atoms with Crippen molar-refractivity contribution in [3.63, 3.8) is 0 Å². The molecule has 0 aliphatic heterocycles. The van der Waals surface area contributed by atoms with Crippen LogP contribution in [-0.4, -0.2) is 18.0 Å². The number of aliphatic hydroxyl groups excluding tert-OH is 1. The molecule has 0 bridgehead atoms. The molecule has 2 N–H and O–H groups in total. The fourth-order valence-electron chi connectivity index (χ4n) is 1.92. The monoisotopic (exact) mass is 273 g/mol. The van der Waals surface area contributed by atoms with Gasteiger partial charge in [-0.3, -0.25) is 0 Å². The van der Waals surface area contributed by atoms with E-state index in [1.165, 1.54) is 10.5 Å². The molecule has 0 spiro atoms. The zero-order valence-electron chi connectivity index (χ0n) is 11.3. The first-order valence-electron chi connectivity index (χ1n) is 6.31. The molecule has 2 nitrogen and oxygen atoms in total. The Bertz CT molecular complexity index is 507. The van der Waals surface area contributed by atoms with Gasteiger partial charge in [-0.15, -0.1) is 11.8 Å². The molecule has 0 radical (unpaired) electrons. The van der Waals surface area contributed by atoms with Crippen molar-refractivity contribution >= 4 is 17.4 Å². The molecule has 0 saturated carbocycles. The number of aryl methyl sites for hydroxylation is 1. The van der Waals surface area contributed by atoms with E-state index in [0.29, 0.717) is 0 Å². The van der Waals surface area contributed by atoms with Gasteiger partial charge in [0.25, 0.3) is 0 Å². The molecule has 1 atom stereocenters. The molecular weight excluding hydrogens is 254 g/mol. The van der Waals surface area contributed by atoms with Crippen LogP contribution in [0.1, 0.15) is 17.2 Å². The highest BCUT2D eigenvalue weighted by atomic mass is 32.2. The van der Waals surface area contributed by atoms with Crippen molar-refractivity contribution in [2.24, 2.45) is 0 Å². The minimum absolute atomic E-state index is 0.0707. The van der Waals surface area contributed by atoms with Crippen molar-refractivity contribution in [2.75, 3.05) is 18.2 Å². The van der Waals surface area contributed by atoms with Crippen LogP contribution in [0.5, 0.6) is 0 Å². The van der Waals surface area contributed by atoms with Crippen LogP contribution in [0.15, 0.2) is 53.4 Å². The number of anilines is 1. The van der Waals surface area contributed by atoms with E-state index in [1.54, 1.807) is 11.8 Å². The smallest absolute Gasteiger partial charge is 0.0745 e. The van der Waals surface area contributed by atoms with Gasteiger partial charge in [-0.25, -0.2) is 0 Å². The van der Waals surface area contributed by atoms with E-state index >= 15 is 0 Å². The van der Waals surface area contributed by atoms with E-state index in [4.69, 9.17) is 0 Å². The summed E-state index contributed by atoms with van der Waals surface area (Å²) in [6.07, 6.45) is 2.06. The number of rotatable bonds is 5. The lowest BCUT2D eigenvalue weighted by atomic mass is 10.1. The summed E-state index contributed by atoms with van der Waals surface area (Å²) >= 11 is 1.72. The fourth-order valence-corrected chi connectivity index (χ4v) is 2.33. The van der Waals surface area contributed by atoms with E-state index in [2.05, 4.69) is 54.9 Å². The van der Waals surface area contributed by atoms with Gasteiger partial charge in [0.1, 0.15) is 0 Å². The number of aliphatic hydroxyl groups is 1. The molecule has 0 heterocycles. The van der Waals surface area contributed by atoms with Gasteiger partial charge in [0.05, 0.1) is 12.6 Å². The third kappa shape index (κ3) is 3.75. The average Bonchev–Trinajstić information content (AvgIpc) is 2.47. The van der Waals surface area contributed by atoms with Crippen molar-refractivity contribution in [2.45, 2.75) is 17.9 Å². The normalized spacial score (nSPS) is 12.2. The molecule has 2 aromatic rings. The van der Waals surface area contributed by atoms with Crippen molar-refractivity contribution in [3.8, 4) is 0 Å². The molecule has 2 rings (SSSR count). The van der Waals surface area contributed by atoms with Crippen LogP contribution in [0.2, 0.25) is 0 Å². The predicted octanol–water partition coefficient (Wildman–Crippen LogP) is 3.86.